The second-order valence-corrected chi connectivity index (χ2v) is 5.73. The van der Waals surface area contributed by atoms with Crippen molar-refractivity contribution in [3.8, 4) is 0 Å². The Labute approximate surface area is 99.8 Å². The van der Waals surface area contributed by atoms with Crippen LogP contribution in [-0.2, 0) is 0 Å². The molecule has 94 valence electrons. The lowest BCUT2D eigenvalue weighted by Gasteiger charge is -2.24. The fourth-order valence-electron chi connectivity index (χ4n) is 3.47. The van der Waals surface area contributed by atoms with Crippen molar-refractivity contribution in [3.63, 3.8) is 0 Å². The second kappa shape index (κ2) is 6.61. The van der Waals surface area contributed by atoms with Crippen LogP contribution < -0.4 is 5.32 Å². The molecule has 2 aliphatic rings. The smallest absolute Gasteiger partial charge is 0.0474 e. The molecule has 0 spiro atoms. The first-order valence-corrected chi connectivity index (χ1v) is 7.24. The molecule has 2 unspecified atom stereocenters. The Morgan fingerprint density at radius 3 is 2.50 bits per heavy atom. The molecular formula is C14H27NO. The highest BCUT2D eigenvalue weighted by atomic mass is 16.3. The predicted molar refractivity (Wildman–Crippen MR) is 67.4 cm³/mol. The minimum atomic E-state index is 0.376. The fourth-order valence-corrected chi connectivity index (χ4v) is 3.47. The number of hydrogen-bond donors (Lipinski definition) is 2. The van der Waals surface area contributed by atoms with Crippen LogP contribution in [0.1, 0.15) is 57.8 Å². The average Bonchev–Trinajstić information content (AvgIpc) is 2.78. The molecule has 2 rings (SSSR count). The quantitative estimate of drug-likeness (QED) is 0.754. The molecule has 2 nitrogen and oxygen atoms in total. The van der Waals surface area contributed by atoms with Crippen molar-refractivity contribution in [2.45, 2.75) is 63.8 Å². The van der Waals surface area contributed by atoms with Gasteiger partial charge in [-0.05, 0) is 37.6 Å². The van der Waals surface area contributed by atoms with Crippen LogP contribution in [0.25, 0.3) is 0 Å². The van der Waals surface area contributed by atoms with E-state index in [4.69, 9.17) is 0 Å². The summed E-state index contributed by atoms with van der Waals surface area (Å²) >= 11 is 0. The summed E-state index contributed by atoms with van der Waals surface area (Å²) in [5.41, 5.74) is 0. The molecule has 2 fully saturated rings. The van der Waals surface area contributed by atoms with E-state index in [0.29, 0.717) is 18.6 Å². The molecule has 2 atom stereocenters. The number of aliphatic hydroxyl groups excluding tert-OH is 1. The highest BCUT2D eigenvalue weighted by Gasteiger charge is 2.26. The molecule has 0 radical (unpaired) electrons. The van der Waals surface area contributed by atoms with Crippen LogP contribution >= 0.6 is 0 Å². The Morgan fingerprint density at radius 2 is 1.75 bits per heavy atom. The predicted octanol–water partition coefficient (Wildman–Crippen LogP) is 2.71. The van der Waals surface area contributed by atoms with Crippen molar-refractivity contribution < 1.29 is 5.11 Å². The van der Waals surface area contributed by atoms with Gasteiger partial charge >= 0.3 is 0 Å². The lowest BCUT2D eigenvalue weighted by molar-refractivity contribution is 0.203. The van der Waals surface area contributed by atoms with E-state index in [0.717, 1.165) is 5.92 Å². The van der Waals surface area contributed by atoms with Gasteiger partial charge in [-0.1, -0.05) is 38.5 Å². The van der Waals surface area contributed by atoms with E-state index in [2.05, 4.69) is 5.32 Å². The molecule has 0 aromatic heterocycles. The monoisotopic (exact) mass is 225 g/mol. The summed E-state index contributed by atoms with van der Waals surface area (Å²) in [6, 6.07) is 0.605. The van der Waals surface area contributed by atoms with E-state index in [1.807, 2.05) is 0 Å². The van der Waals surface area contributed by atoms with Crippen LogP contribution in [0.5, 0.6) is 0 Å². The summed E-state index contributed by atoms with van der Waals surface area (Å²) in [5, 5.41) is 12.9. The van der Waals surface area contributed by atoms with Crippen LogP contribution in [0.4, 0.5) is 0 Å². The van der Waals surface area contributed by atoms with E-state index in [9.17, 15) is 5.11 Å². The maximum atomic E-state index is 9.24. The Morgan fingerprint density at radius 1 is 0.938 bits per heavy atom. The van der Waals surface area contributed by atoms with Crippen molar-refractivity contribution >= 4 is 0 Å². The summed E-state index contributed by atoms with van der Waals surface area (Å²) < 4.78 is 0. The summed E-state index contributed by atoms with van der Waals surface area (Å²) in [6.07, 6.45) is 12.4. The van der Waals surface area contributed by atoms with Gasteiger partial charge in [0.1, 0.15) is 0 Å². The van der Waals surface area contributed by atoms with E-state index in [1.54, 1.807) is 0 Å². The maximum absolute atomic E-state index is 9.24. The SMILES string of the molecule is OCC1CCCC1NCCC1CCCCC1. The molecule has 0 aromatic rings. The molecule has 2 aliphatic carbocycles. The van der Waals surface area contributed by atoms with Gasteiger partial charge in [0.05, 0.1) is 0 Å². The van der Waals surface area contributed by atoms with Crippen molar-refractivity contribution in [3.05, 3.63) is 0 Å². The van der Waals surface area contributed by atoms with E-state index < -0.39 is 0 Å². The normalized spacial score (nSPS) is 32.1. The Balaban J connectivity index is 1.59. The van der Waals surface area contributed by atoms with Gasteiger partial charge in [-0.2, -0.15) is 0 Å². The zero-order valence-corrected chi connectivity index (χ0v) is 10.5. The van der Waals surface area contributed by atoms with Gasteiger partial charge in [-0.25, -0.2) is 0 Å². The third-order valence-corrected chi connectivity index (χ3v) is 4.58. The Kier molecular flexibility index (Phi) is 5.11. The Hall–Kier alpha value is -0.0800. The van der Waals surface area contributed by atoms with Gasteiger partial charge in [-0.3, -0.25) is 0 Å². The summed E-state index contributed by atoms with van der Waals surface area (Å²) in [7, 11) is 0. The lowest BCUT2D eigenvalue weighted by atomic mass is 9.87. The number of rotatable bonds is 5. The minimum absolute atomic E-state index is 0.376. The molecule has 0 amide bonds. The summed E-state index contributed by atoms with van der Waals surface area (Å²) in [5.74, 6) is 1.52. The maximum Gasteiger partial charge on any atom is 0.0474 e. The largest absolute Gasteiger partial charge is 0.396 e. The highest BCUT2D eigenvalue weighted by molar-refractivity contribution is 4.82. The molecule has 0 saturated heterocycles. The lowest BCUT2D eigenvalue weighted by Crippen LogP contribution is -2.35. The van der Waals surface area contributed by atoms with Gasteiger partial charge in [-0.15, -0.1) is 0 Å². The van der Waals surface area contributed by atoms with E-state index >= 15 is 0 Å². The zero-order chi connectivity index (χ0) is 11.2. The van der Waals surface area contributed by atoms with Crippen LogP contribution in [0.2, 0.25) is 0 Å². The fraction of sp³-hybridized carbons (Fsp3) is 1.00. The third kappa shape index (κ3) is 3.46. The van der Waals surface area contributed by atoms with Crippen molar-refractivity contribution in [1.29, 1.82) is 0 Å². The first-order valence-electron chi connectivity index (χ1n) is 7.24. The summed E-state index contributed by atoms with van der Waals surface area (Å²) in [4.78, 5) is 0. The van der Waals surface area contributed by atoms with Gasteiger partial charge in [0.25, 0.3) is 0 Å². The van der Waals surface area contributed by atoms with Crippen molar-refractivity contribution in [2.75, 3.05) is 13.2 Å². The van der Waals surface area contributed by atoms with Crippen LogP contribution in [0.3, 0.4) is 0 Å². The number of hydrogen-bond acceptors (Lipinski definition) is 2. The number of nitrogens with one attached hydrogen (secondary N) is 1. The number of aliphatic hydroxyl groups is 1. The first-order chi connectivity index (χ1) is 7.90. The first kappa shape index (κ1) is 12.4. The molecule has 2 heteroatoms. The molecule has 0 heterocycles. The average molecular weight is 225 g/mol. The zero-order valence-electron chi connectivity index (χ0n) is 10.5. The second-order valence-electron chi connectivity index (χ2n) is 5.73. The van der Waals surface area contributed by atoms with Crippen LogP contribution in [0.15, 0.2) is 0 Å². The minimum Gasteiger partial charge on any atom is -0.396 e. The molecule has 0 bridgehead atoms. The molecule has 0 aromatic carbocycles. The highest BCUT2D eigenvalue weighted by Crippen LogP contribution is 2.27. The van der Waals surface area contributed by atoms with Crippen molar-refractivity contribution in [1.82, 2.24) is 5.32 Å². The molecule has 2 N–H and O–H groups in total. The standard InChI is InChI=1S/C14H27NO/c16-11-13-7-4-8-14(13)15-10-9-12-5-2-1-3-6-12/h12-16H,1-11H2. The topological polar surface area (TPSA) is 32.3 Å². The van der Waals surface area contributed by atoms with Gasteiger partial charge in [0.15, 0.2) is 0 Å². The van der Waals surface area contributed by atoms with E-state index in [1.165, 1.54) is 64.3 Å². The van der Waals surface area contributed by atoms with E-state index in [-0.39, 0.29) is 0 Å². The van der Waals surface area contributed by atoms with Gasteiger partial charge in [0.2, 0.25) is 0 Å². The summed E-state index contributed by atoms with van der Waals surface area (Å²) in [6.45, 7) is 1.55. The van der Waals surface area contributed by atoms with Gasteiger partial charge < -0.3 is 10.4 Å². The molecular weight excluding hydrogens is 198 g/mol. The van der Waals surface area contributed by atoms with Crippen molar-refractivity contribution in [2.24, 2.45) is 11.8 Å². The van der Waals surface area contributed by atoms with Gasteiger partial charge in [0, 0.05) is 12.6 Å². The molecule has 16 heavy (non-hydrogen) atoms. The molecule has 0 aliphatic heterocycles. The Bertz CT molecular complexity index is 189. The van der Waals surface area contributed by atoms with Crippen LogP contribution in [-0.4, -0.2) is 24.3 Å². The third-order valence-electron chi connectivity index (χ3n) is 4.58. The molecule has 2 saturated carbocycles. The van der Waals surface area contributed by atoms with Crippen LogP contribution in [0, 0.1) is 11.8 Å².